The molecule has 1 atom stereocenters. The van der Waals surface area contributed by atoms with Crippen molar-refractivity contribution in [1.29, 1.82) is 0 Å². The molecule has 0 aliphatic carbocycles. The molecule has 0 aromatic heterocycles. The molecule has 2 aromatic carbocycles. The fourth-order valence-electron chi connectivity index (χ4n) is 2.08. The molecule has 3 nitrogen and oxygen atoms in total. The van der Waals surface area contributed by atoms with Gasteiger partial charge in [-0.25, -0.2) is 0 Å². The first-order chi connectivity index (χ1) is 10.1. The van der Waals surface area contributed by atoms with E-state index < -0.39 is 0 Å². The highest BCUT2D eigenvalue weighted by Crippen LogP contribution is 2.21. The third-order valence-corrected chi connectivity index (χ3v) is 3.70. The van der Waals surface area contributed by atoms with Crippen LogP contribution in [-0.2, 0) is 0 Å². The monoisotopic (exact) mass is 283 g/mol. The third kappa shape index (κ3) is 3.85. The van der Waals surface area contributed by atoms with E-state index in [0.29, 0.717) is 11.5 Å². The predicted octanol–water partition coefficient (Wildman–Crippen LogP) is 4.46. The molecule has 0 heterocycles. The van der Waals surface area contributed by atoms with E-state index in [1.807, 2.05) is 12.1 Å². The van der Waals surface area contributed by atoms with Crippen LogP contribution in [0.3, 0.4) is 0 Å². The van der Waals surface area contributed by atoms with Crippen LogP contribution < -0.4 is 10.1 Å². The van der Waals surface area contributed by atoms with Gasteiger partial charge in [-0.15, -0.1) is 0 Å². The average molecular weight is 283 g/mol. The van der Waals surface area contributed by atoms with E-state index in [-0.39, 0.29) is 5.91 Å². The maximum atomic E-state index is 12.1. The topological polar surface area (TPSA) is 38.3 Å². The molecule has 0 aliphatic rings. The second-order valence-electron chi connectivity index (χ2n) is 5.11. The van der Waals surface area contributed by atoms with Crippen LogP contribution in [-0.4, -0.2) is 13.0 Å². The molecule has 2 rings (SSSR count). The lowest BCUT2D eigenvalue weighted by Crippen LogP contribution is -2.11. The smallest absolute Gasteiger partial charge is 0.255 e. The molecule has 0 aliphatic heterocycles. The molecule has 1 N–H and O–H groups in total. The largest absolute Gasteiger partial charge is 0.497 e. The van der Waals surface area contributed by atoms with Gasteiger partial charge >= 0.3 is 0 Å². The average Bonchev–Trinajstić information content (AvgIpc) is 2.55. The van der Waals surface area contributed by atoms with Gasteiger partial charge in [-0.1, -0.05) is 26.0 Å². The molecule has 1 amide bonds. The number of hydrogen-bond donors (Lipinski definition) is 1. The molecule has 2 aromatic rings. The Bertz CT molecular complexity index is 588. The molecule has 0 bridgehead atoms. The van der Waals surface area contributed by atoms with Crippen LogP contribution in [0.5, 0.6) is 5.75 Å². The number of rotatable bonds is 5. The third-order valence-electron chi connectivity index (χ3n) is 3.70. The Kier molecular flexibility index (Phi) is 4.99. The van der Waals surface area contributed by atoms with E-state index >= 15 is 0 Å². The van der Waals surface area contributed by atoms with Gasteiger partial charge in [0.05, 0.1) is 7.11 Å². The fraction of sp³-hybridized carbons (Fsp3) is 0.278. The first kappa shape index (κ1) is 15.1. The van der Waals surface area contributed by atoms with E-state index in [9.17, 15) is 4.79 Å². The minimum Gasteiger partial charge on any atom is -0.497 e. The molecule has 0 fully saturated rings. The summed E-state index contributed by atoms with van der Waals surface area (Å²) in [5.41, 5.74) is 2.71. The number of amides is 1. The van der Waals surface area contributed by atoms with Crippen molar-refractivity contribution in [3.63, 3.8) is 0 Å². The molecule has 0 spiro atoms. The molecule has 0 radical (unpaired) electrons. The summed E-state index contributed by atoms with van der Waals surface area (Å²) in [4.78, 5) is 12.1. The minimum atomic E-state index is -0.117. The second kappa shape index (κ2) is 6.93. The Labute approximate surface area is 126 Å². The highest BCUT2D eigenvalue weighted by Gasteiger charge is 2.07. The zero-order valence-corrected chi connectivity index (χ0v) is 12.7. The van der Waals surface area contributed by atoms with Crippen molar-refractivity contribution in [3.05, 3.63) is 59.7 Å². The summed E-state index contributed by atoms with van der Waals surface area (Å²) in [5.74, 6) is 1.16. The molecule has 110 valence electrons. The van der Waals surface area contributed by atoms with Gasteiger partial charge in [0, 0.05) is 11.3 Å². The standard InChI is InChI=1S/C18H21NO2/c1-4-13(2)14-5-9-16(10-6-14)19-18(20)15-7-11-17(21-3)12-8-15/h5-13H,4H2,1-3H3,(H,19,20)/t13-/m1/s1. The van der Waals surface area contributed by atoms with Crippen molar-refractivity contribution in [2.45, 2.75) is 26.2 Å². The number of carbonyl (C=O) groups is 1. The van der Waals surface area contributed by atoms with Crippen molar-refractivity contribution in [2.75, 3.05) is 12.4 Å². The van der Waals surface area contributed by atoms with Crippen LogP contribution in [0.15, 0.2) is 48.5 Å². The van der Waals surface area contributed by atoms with Crippen LogP contribution in [0.1, 0.15) is 42.1 Å². The van der Waals surface area contributed by atoms with Crippen molar-refractivity contribution in [2.24, 2.45) is 0 Å². The van der Waals surface area contributed by atoms with Gasteiger partial charge in [-0.05, 0) is 54.3 Å². The van der Waals surface area contributed by atoms with E-state index in [1.54, 1.807) is 31.4 Å². The van der Waals surface area contributed by atoms with Gasteiger partial charge in [0.1, 0.15) is 5.75 Å². The highest BCUT2D eigenvalue weighted by atomic mass is 16.5. The van der Waals surface area contributed by atoms with Crippen molar-refractivity contribution in [1.82, 2.24) is 0 Å². The van der Waals surface area contributed by atoms with Gasteiger partial charge in [-0.2, -0.15) is 0 Å². The van der Waals surface area contributed by atoms with Crippen molar-refractivity contribution in [3.8, 4) is 5.75 Å². The first-order valence-corrected chi connectivity index (χ1v) is 7.19. The minimum absolute atomic E-state index is 0.117. The van der Waals surface area contributed by atoms with E-state index in [1.165, 1.54) is 5.56 Å². The van der Waals surface area contributed by atoms with E-state index in [0.717, 1.165) is 17.9 Å². The molecule has 0 saturated heterocycles. The van der Waals surface area contributed by atoms with Gasteiger partial charge in [0.25, 0.3) is 5.91 Å². The number of methoxy groups -OCH3 is 1. The maximum absolute atomic E-state index is 12.1. The maximum Gasteiger partial charge on any atom is 0.255 e. The summed E-state index contributed by atoms with van der Waals surface area (Å²) in [6, 6.07) is 15.1. The van der Waals surface area contributed by atoms with Gasteiger partial charge < -0.3 is 10.1 Å². The normalized spacial score (nSPS) is 11.8. The first-order valence-electron chi connectivity index (χ1n) is 7.19. The van der Waals surface area contributed by atoms with Crippen LogP contribution in [0.25, 0.3) is 0 Å². The summed E-state index contributed by atoms with van der Waals surface area (Å²) in [5, 5.41) is 2.90. The lowest BCUT2D eigenvalue weighted by molar-refractivity contribution is 0.102. The predicted molar refractivity (Wildman–Crippen MR) is 86.1 cm³/mol. The quantitative estimate of drug-likeness (QED) is 0.879. The van der Waals surface area contributed by atoms with Gasteiger partial charge in [0.15, 0.2) is 0 Å². The zero-order valence-electron chi connectivity index (χ0n) is 12.7. The lowest BCUT2D eigenvalue weighted by Gasteiger charge is -2.10. The second-order valence-corrected chi connectivity index (χ2v) is 5.11. The summed E-state index contributed by atoms with van der Waals surface area (Å²) >= 11 is 0. The molecule has 0 saturated carbocycles. The Morgan fingerprint density at radius 3 is 2.24 bits per heavy atom. The highest BCUT2D eigenvalue weighted by molar-refractivity contribution is 6.04. The fourth-order valence-corrected chi connectivity index (χ4v) is 2.08. The summed E-state index contributed by atoms with van der Waals surface area (Å²) in [7, 11) is 1.61. The number of hydrogen-bond acceptors (Lipinski definition) is 2. The number of nitrogens with one attached hydrogen (secondary N) is 1. The molecular weight excluding hydrogens is 262 g/mol. The lowest BCUT2D eigenvalue weighted by atomic mass is 9.98. The Balaban J connectivity index is 2.04. The Morgan fingerprint density at radius 1 is 1.10 bits per heavy atom. The Morgan fingerprint density at radius 2 is 1.71 bits per heavy atom. The molecule has 0 unspecified atom stereocenters. The molecular formula is C18H21NO2. The number of anilines is 1. The summed E-state index contributed by atoms with van der Waals surface area (Å²) in [6.07, 6.45) is 1.11. The summed E-state index contributed by atoms with van der Waals surface area (Å²) < 4.78 is 5.08. The number of benzene rings is 2. The van der Waals surface area contributed by atoms with Crippen LogP contribution in [0, 0.1) is 0 Å². The number of carbonyl (C=O) groups excluding carboxylic acids is 1. The van der Waals surface area contributed by atoms with Crippen molar-refractivity contribution >= 4 is 11.6 Å². The van der Waals surface area contributed by atoms with Crippen LogP contribution >= 0.6 is 0 Å². The number of ether oxygens (including phenoxy) is 1. The van der Waals surface area contributed by atoms with E-state index in [2.05, 4.69) is 31.3 Å². The summed E-state index contributed by atoms with van der Waals surface area (Å²) in [6.45, 7) is 4.37. The Hall–Kier alpha value is -2.29. The van der Waals surface area contributed by atoms with E-state index in [4.69, 9.17) is 4.74 Å². The van der Waals surface area contributed by atoms with Crippen LogP contribution in [0.2, 0.25) is 0 Å². The van der Waals surface area contributed by atoms with Gasteiger partial charge in [0.2, 0.25) is 0 Å². The SMILES string of the molecule is CC[C@@H](C)c1ccc(NC(=O)c2ccc(OC)cc2)cc1. The zero-order chi connectivity index (χ0) is 15.2. The van der Waals surface area contributed by atoms with Crippen molar-refractivity contribution < 1.29 is 9.53 Å². The molecule has 21 heavy (non-hydrogen) atoms. The van der Waals surface area contributed by atoms with Crippen LogP contribution in [0.4, 0.5) is 5.69 Å². The van der Waals surface area contributed by atoms with Gasteiger partial charge in [-0.3, -0.25) is 4.79 Å². The molecule has 3 heteroatoms.